The predicted molar refractivity (Wildman–Crippen MR) is 82.0 cm³/mol. The van der Waals surface area contributed by atoms with Crippen molar-refractivity contribution >= 4 is 5.91 Å². The number of carbonyl (C=O) groups is 1. The highest BCUT2D eigenvalue weighted by Gasteiger charge is 2.43. The van der Waals surface area contributed by atoms with Gasteiger partial charge in [-0.25, -0.2) is 8.78 Å². The number of halogens is 5. The van der Waals surface area contributed by atoms with Crippen molar-refractivity contribution in [3.63, 3.8) is 0 Å². The van der Waals surface area contributed by atoms with Crippen LogP contribution >= 0.6 is 0 Å². The highest BCUT2D eigenvalue weighted by molar-refractivity contribution is 5.76. The Balaban J connectivity index is 1.87. The smallest absolute Gasteiger partial charge is 0.354 e. The third kappa shape index (κ3) is 5.93. The Hall–Kier alpha value is -1.74. The van der Waals surface area contributed by atoms with Crippen LogP contribution in [0.3, 0.4) is 0 Å². The van der Waals surface area contributed by atoms with E-state index in [1.54, 1.807) is 0 Å². The Morgan fingerprint density at radius 2 is 1.92 bits per heavy atom. The summed E-state index contributed by atoms with van der Waals surface area (Å²) in [6.07, 6.45) is -4.76. The molecule has 1 unspecified atom stereocenters. The molecule has 0 aromatic heterocycles. The van der Waals surface area contributed by atoms with E-state index < -0.39 is 36.3 Å². The van der Waals surface area contributed by atoms with Crippen LogP contribution in [0.5, 0.6) is 0 Å². The fourth-order valence-electron chi connectivity index (χ4n) is 2.73. The molecule has 25 heavy (non-hydrogen) atoms. The predicted octanol–water partition coefficient (Wildman–Crippen LogP) is 1.85. The van der Waals surface area contributed by atoms with Crippen molar-refractivity contribution in [1.29, 1.82) is 0 Å². The lowest BCUT2D eigenvalue weighted by Crippen LogP contribution is -2.57. The van der Waals surface area contributed by atoms with Gasteiger partial charge in [-0.15, -0.1) is 0 Å². The van der Waals surface area contributed by atoms with E-state index in [-0.39, 0.29) is 31.5 Å². The minimum atomic E-state index is -4.46. The van der Waals surface area contributed by atoms with Crippen molar-refractivity contribution in [3.8, 4) is 0 Å². The largest absolute Gasteiger partial charge is 0.405 e. The van der Waals surface area contributed by atoms with Gasteiger partial charge in [0.05, 0.1) is 0 Å². The molecule has 0 saturated carbocycles. The number of aryl methyl sites for hydroxylation is 1. The average Bonchev–Trinajstić information content (AvgIpc) is 2.55. The normalized spacial score (nSPS) is 17.3. The van der Waals surface area contributed by atoms with Crippen LogP contribution in [0.2, 0.25) is 0 Å². The third-order valence-corrected chi connectivity index (χ3v) is 4.09. The molecule has 2 N–H and O–H groups in total. The van der Waals surface area contributed by atoms with E-state index in [0.29, 0.717) is 13.1 Å². The number of rotatable bonds is 6. The second kappa shape index (κ2) is 8.57. The molecule has 1 aromatic rings. The Morgan fingerprint density at radius 1 is 1.24 bits per heavy atom. The first-order valence-electron chi connectivity index (χ1n) is 7.99. The number of benzene rings is 1. The molecule has 1 fully saturated rings. The number of amides is 1. The number of hydrogen-bond acceptors (Lipinski definition) is 3. The first-order chi connectivity index (χ1) is 11.8. The van der Waals surface area contributed by atoms with Crippen molar-refractivity contribution in [2.24, 2.45) is 0 Å². The number of alkyl halides is 3. The lowest BCUT2D eigenvalue weighted by Gasteiger charge is -2.35. The fourth-order valence-corrected chi connectivity index (χ4v) is 2.73. The molecule has 0 bridgehead atoms. The van der Waals surface area contributed by atoms with Gasteiger partial charge in [0, 0.05) is 39.1 Å². The summed E-state index contributed by atoms with van der Waals surface area (Å²) in [4.78, 5) is 13.1. The van der Waals surface area contributed by atoms with Crippen LogP contribution in [0.15, 0.2) is 18.2 Å². The van der Waals surface area contributed by atoms with Gasteiger partial charge in [0.1, 0.15) is 17.7 Å². The Kier molecular flexibility index (Phi) is 6.71. The monoisotopic (exact) mass is 365 g/mol. The van der Waals surface area contributed by atoms with Crippen molar-refractivity contribution in [2.45, 2.75) is 25.1 Å². The second-order valence-corrected chi connectivity index (χ2v) is 5.88. The topological polar surface area (TPSA) is 44.4 Å². The van der Waals surface area contributed by atoms with Gasteiger partial charge in [-0.1, -0.05) is 0 Å². The van der Waals surface area contributed by atoms with Crippen LogP contribution in [-0.2, 0) is 11.2 Å². The first-order valence-corrected chi connectivity index (χ1v) is 7.99. The second-order valence-electron chi connectivity index (χ2n) is 5.88. The molecule has 1 aromatic carbocycles. The third-order valence-electron chi connectivity index (χ3n) is 4.09. The van der Waals surface area contributed by atoms with Crippen molar-refractivity contribution in [1.82, 2.24) is 15.5 Å². The van der Waals surface area contributed by atoms with Gasteiger partial charge >= 0.3 is 6.18 Å². The van der Waals surface area contributed by atoms with E-state index in [1.807, 2.05) is 0 Å². The van der Waals surface area contributed by atoms with E-state index in [1.165, 1.54) is 4.90 Å². The zero-order valence-corrected chi connectivity index (χ0v) is 13.5. The number of piperazine rings is 1. The molecule has 0 spiro atoms. The van der Waals surface area contributed by atoms with Gasteiger partial charge in [-0.05, 0) is 30.2 Å². The van der Waals surface area contributed by atoms with E-state index >= 15 is 0 Å². The molecule has 1 aliphatic rings. The molecule has 2 rings (SSSR count). The molecule has 9 heteroatoms. The van der Waals surface area contributed by atoms with E-state index in [0.717, 1.165) is 18.2 Å². The minimum Gasteiger partial charge on any atom is -0.354 e. The standard InChI is InChI=1S/C16H20F5N3O/c17-12-2-3-13(18)11(9-12)1-4-15(25)23-10-14(16(19,20)21)24-7-5-22-6-8-24/h2-3,9,14,22H,1,4-8,10H2,(H,23,25). The van der Waals surface area contributed by atoms with Crippen LogP contribution in [0.4, 0.5) is 22.0 Å². The van der Waals surface area contributed by atoms with Crippen molar-refractivity contribution in [2.75, 3.05) is 32.7 Å². The fraction of sp³-hybridized carbons (Fsp3) is 0.562. The summed E-state index contributed by atoms with van der Waals surface area (Å²) >= 11 is 0. The number of nitrogens with one attached hydrogen (secondary N) is 2. The summed E-state index contributed by atoms with van der Waals surface area (Å²) < 4.78 is 66.1. The number of nitrogens with zero attached hydrogens (tertiary/aromatic N) is 1. The maximum absolute atomic E-state index is 13.5. The lowest BCUT2D eigenvalue weighted by atomic mass is 10.1. The van der Waals surface area contributed by atoms with Crippen LogP contribution in [0.25, 0.3) is 0 Å². The Labute approximate surface area is 142 Å². The SMILES string of the molecule is O=C(CCc1cc(F)ccc1F)NCC(N1CCNCC1)C(F)(F)F. The van der Waals surface area contributed by atoms with Crippen LogP contribution in [0.1, 0.15) is 12.0 Å². The molecule has 140 valence electrons. The van der Waals surface area contributed by atoms with Crippen LogP contribution in [-0.4, -0.2) is 55.7 Å². The van der Waals surface area contributed by atoms with Gasteiger partial charge < -0.3 is 10.6 Å². The molecule has 0 radical (unpaired) electrons. The highest BCUT2D eigenvalue weighted by Crippen LogP contribution is 2.24. The number of carbonyl (C=O) groups excluding carboxylic acids is 1. The maximum Gasteiger partial charge on any atom is 0.405 e. The van der Waals surface area contributed by atoms with E-state index in [2.05, 4.69) is 10.6 Å². The zero-order valence-electron chi connectivity index (χ0n) is 13.5. The van der Waals surface area contributed by atoms with Gasteiger partial charge in [0.15, 0.2) is 0 Å². The zero-order chi connectivity index (χ0) is 18.4. The molecule has 4 nitrogen and oxygen atoms in total. The first kappa shape index (κ1) is 19.6. The number of hydrogen-bond donors (Lipinski definition) is 2. The highest BCUT2D eigenvalue weighted by atomic mass is 19.4. The quantitative estimate of drug-likeness (QED) is 0.757. The molecule has 1 saturated heterocycles. The summed E-state index contributed by atoms with van der Waals surface area (Å²) in [5.41, 5.74) is 0.0182. The van der Waals surface area contributed by atoms with Gasteiger partial charge in [0.25, 0.3) is 0 Å². The summed E-state index contributed by atoms with van der Waals surface area (Å²) in [6.45, 7) is 0.843. The van der Waals surface area contributed by atoms with Gasteiger partial charge in [0.2, 0.25) is 5.91 Å². The lowest BCUT2D eigenvalue weighted by molar-refractivity contribution is -0.184. The van der Waals surface area contributed by atoms with Crippen molar-refractivity contribution < 1.29 is 26.7 Å². The van der Waals surface area contributed by atoms with Crippen LogP contribution < -0.4 is 10.6 Å². The average molecular weight is 365 g/mol. The molecule has 1 amide bonds. The summed E-state index contributed by atoms with van der Waals surface area (Å²) in [5, 5.41) is 5.23. The van der Waals surface area contributed by atoms with E-state index in [4.69, 9.17) is 0 Å². The summed E-state index contributed by atoms with van der Waals surface area (Å²) in [6, 6.07) is 1.12. The van der Waals surface area contributed by atoms with E-state index in [9.17, 15) is 26.7 Å². The Morgan fingerprint density at radius 3 is 2.56 bits per heavy atom. The molecule has 0 aliphatic carbocycles. The minimum absolute atomic E-state index is 0.0182. The Bertz CT molecular complexity index is 588. The van der Waals surface area contributed by atoms with Gasteiger partial charge in [-0.2, -0.15) is 13.2 Å². The van der Waals surface area contributed by atoms with Gasteiger partial charge in [-0.3, -0.25) is 9.69 Å². The molecule has 1 heterocycles. The molecular weight excluding hydrogens is 345 g/mol. The molecule has 1 atom stereocenters. The maximum atomic E-state index is 13.5. The summed E-state index contributed by atoms with van der Waals surface area (Å²) in [7, 11) is 0. The van der Waals surface area contributed by atoms with Crippen molar-refractivity contribution in [3.05, 3.63) is 35.4 Å². The molecular formula is C16H20F5N3O. The molecule has 1 aliphatic heterocycles. The summed E-state index contributed by atoms with van der Waals surface area (Å²) in [5.74, 6) is -1.91. The van der Waals surface area contributed by atoms with Crippen LogP contribution in [0, 0.1) is 11.6 Å².